The Balaban J connectivity index is 0.00000450. The van der Waals surface area contributed by atoms with Crippen LogP contribution in [0.3, 0.4) is 0 Å². The maximum Gasteiger partial charge on any atom is 0.191 e. The first-order valence-electron chi connectivity index (χ1n) is 11.3. The molecular weight excluding hydrogens is 489 g/mol. The number of piperazine rings is 1. The minimum Gasteiger partial charge on any atom is -0.489 e. The number of likely N-dealkylation sites (N-methyl/N-ethyl adjacent to an activating group) is 1. The van der Waals surface area contributed by atoms with Crippen molar-refractivity contribution in [2.75, 3.05) is 58.9 Å². The van der Waals surface area contributed by atoms with Crippen LogP contribution in [0.1, 0.15) is 39.2 Å². The summed E-state index contributed by atoms with van der Waals surface area (Å²) in [7, 11) is 0. The molecule has 1 aromatic carbocycles. The summed E-state index contributed by atoms with van der Waals surface area (Å²) in [6.07, 6.45) is 2.42. The number of guanidine groups is 1. The maximum absolute atomic E-state index is 5.98. The van der Waals surface area contributed by atoms with Gasteiger partial charge in [0, 0.05) is 39.3 Å². The summed E-state index contributed by atoms with van der Waals surface area (Å²) in [6.45, 7) is 18.2. The highest BCUT2D eigenvalue weighted by atomic mass is 127. The normalized spacial score (nSPS) is 16.6. The number of aryl methyl sites for hydroxylation is 1. The molecule has 1 saturated heterocycles. The standard InChI is InChI=1S/C23H41N5O.HI/c1-5-24-23(26-19-21(4)29-22-11-9-10-20(3)18-22)25-12-7-8-13-28-16-14-27(6-2)15-17-28;/h9-11,18,21H,5-8,12-17,19H2,1-4H3,(H2,24,25,26);1H. The fourth-order valence-corrected chi connectivity index (χ4v) is 3.52. The van der Waals surface area contributed by atoms with E-state index in [0.29, 0.717) is 6.54 Å². The molecule has 1 unspecified atom stereocenters. The molecule has 30 heavy (non-hydrogen) atoms. The SMILES string of the molecule is CCNC(=NCC(C)Oc1cccc(C)c1)NCCCCN1CCN(CC)CC1.I. The van der Waals surface area contributed by atoms with Crippen molar-refractivity contribution in [3.63, 3.8) is 0 Å². The molecule has 0 bridgehead atoms. The van der Waals surface area contributed by atoms with E-state index in [9.17, 15) is 0 Å². The highest BCUT2D eigenvalue weighted by molar-refractivity contribution is 14.0. The van der Waals surface area contributed by atoms with Crippen LogP contribution < -0.4 is 15.4 Å². The summed E-state index contributed by atoms with van der Waals surface area (Å²) in [6, 6.07) is 8.16. The molecule has 6 nitrogen and oxygen atoms in total. The van der Waals surface area contributed by atoms with E-state index in [2.05, 4.69) is 60.3 Å². The van der Waals surface area contributed by atoms with Crippen molar-refractivity contribution in [3.8, 4) is 5.75 Å². The summed E-state index contributed by atoms with van der Waals surface area (Å²) < 4.78 is 5.98. The summed E-state index contributed by atoms with van der Waals surface area (Å²) >= 11 is 0. The van der Waals surface area contributed by atoms with Gasteiger partial charge >= 0.3 is 0 Å². The van der Waals surface area contributed by atoms with Crippen LogP contribution in [0.4, 0.5) is 0 Å². The Bertz CT molecular complexity index is 605. The lowest BCUT2D eigenvalue weighted by molar-refractivity contribution is 0.136. The molecule has 0 amide bonds. The zero-order valence-electron chi connectivity index (χ0n) is 19.3. The number of unbranched alkanes of at least 4 members (excludes halogenated alkanes) is 1. The number of halogens is 1. The molecular formula is C23H42IN5O. The Labute approximate surface area is 200 Å². The molecule has 2 N–H and O–H groups in total. The second kappa shape index (κ2) is 15.7. The molecule has 172 valence electrons. The van der Waals surface area contributed by atoms with Crippen molar-refractivity contribution in [1.82, 2.24) is 20.4 Å². The van der Waals surface area contributed by atoms with Gasteiger partial charge in [-0.3, -0.25) is 0 Å². The highest BCUT2D eigenvalue weighted by Gasteiger charge is 2.14. The molecule has 0 saturated carbocycles. The molecule has 1 fully saturated rings. The van der Waals surface area contributed by atoms with Gasteiger partial charge in [0.05, 0.1) is 6.54 Å². The Hall–Kier alpha value is -1.06. The van der Waals surface area contributed by atoms with Crippen LogP contribution in [0.25, 0.3) is 0 Å². The Morgan fingerprint density at radius 1 is 1.10 bits per heavy atom. The number of aliphatic imine (C=N–C) groups is 1. The van der Waals surface area contributed by atoms with Crippen molar-refractivity contribution in [3.05, 3.63) is 29.8 Å². The summed E-state index contributed by atoms with van der Waals surface area (Å²) in [4.78, 5) is 9.81. The smallest absolute Gasteiger partial charge is 0.191 e. The fourth-order valence-electron chi connectivity index (χ4n) is 3.52. The largest absolute Gasteiger partial charge is 0.489 e. The number of benzene rings is 1. The summed E-state index contributed by atoms with van der Waals surface area (Å²) in [5.74, 6) is 1.79. The number of nitrogens with zero attached hydrogens (tertiary/aromatic N) is 3. The number of hydrogen-bond acceptors (Lipinski definition) is 4. The topological polar surface area (TPSA) is 52.1 Å². The van der Waals surface area contributed by atoms with E-state index in [1.165, 1.54) is 51.3 Å². The molecule has 1 heterocycles. The van der Waals surface area contributed by atoms with Crippen LogP contribution in [0.5, 0.6) is 5.75 Å². The lowest BCUT2D eigenvalue weighted by atomic mass is 10.2. The minimum absolute atomic E-state index is 0. The summed E-state index contributed by atoms with van der Waals surface area (Å²) in [5, 5.41) is 6.79. The Kier molecular flexibility index (Phi) is 14.1. The number of rotatable bonds is 11. The van der Waals surface area contributed by atoms with Crippen LogP contribution >= 0.6 is 24.0 Å². The van der Waals surface area contributed by atoms with E-state index in [4.69, 9.17) is 9.73 Å². The third-order valence-electron chi connectivity index (χ3n) is 5.28. The molecule has 1 atom stereocenters. The van der Waals surface area contributed by atoms with Gasteiger partial charge in [0.2, 0.25) is 0 Å². The van der Waals surface area contributed by atoms with Gasteiger partial charge in [-0.15, -0.1) is 24.0 Å². The number of nitrogens with one attached hydrogen (secondary N) is 2. The Morgan fingerprint density at radius 3 is 2.50 bits per heavy atom. The van der Waals surface area contributed by atoms with Crippen LogP contribution in [0, 0.1) is 6.92 Å². The predicted molar refractivity (Wildman–Crippen MR) is 138 cm³/mol. The van der Waals surface area contributed by atoms with Crippen molar-refractivity contribution in [2.45, 2.75) is 46.6 Å². The third-order valence-corrected chi connectivity index (χ3v) is 5.28. The average Bonchev–Trinajstić information content (AvgIpc) is 2.72. The van der Waals surface area contributed by atoms with Crippen LogP contribution in [-0.4, -0.2) is 80.8 Å². The lowest BCUT2D eigenvalue weighted by Gasteiger charge is -2.34. The first kappa shape index (κ1) is 27.0. The first-order valence-corrected chi connectivity index (χ1v) is 11.3. The highest BCUT2D eigenvalue weighted by Crippen LogP contribution is 2.14. The molecule has 0 aromatic heterocycles. The zero-order chi connectivity index (χ0) is 20.9. The van der Waals surface area contributed by atoms with Crippen molar-refractivity contribution >= 4 is 29.9 Å². The molecule has 7 heteroatoms. The average molecular weight is 532 g/mol. The molecule has 1 aliphatic heterocycles. The van der Waals surface area contributed by atoms with Gasteiger partial charge in [-0.25, -0.2) is 4.99 Å². The second-order valence-electron chi connectivity index (χ2n) is 7.87. The molecule has 0 radical (unpaired) electrons. The molecule has 0 aliphatic carbocycles. The van der Waals surface area contributed by atoms with Crippen molar-refractivity contribution in [1.29, 1.82) is 0 Å². The van der Waals surface area contributed by atoms with E-state index in [1.807, 2.05) is 12.1 Å². The molecule has 2 rings (SSSR count). The minimum atomic E-state index is 0. The van der Waals surface area contributed by atoms with Gasteiger partial charge in [0.15, 0.2) is 5.96 Å². The van der Waals surface area contributed by atoms with Gasteiger partial charge < -0.3 is 25.2 Å². The van der Waals surface area contributed by atoms with E-state index in [-0.39, 0.29) is 30.1 Å². The first-order chi connectivity index (χ1) is 14.1. The number of hydrogen-bond donors (Lipinski definition) is 2. The van der Waals surface area contributed by atoms with E-state index in [0.717, 1.165) is 31.2 Å². The predicted octanol–water partition coefficient (Wildman–Crippen LogP) is 3.35. The van der Waals surface area contributed by atoms with Gasteiger partial charge in [0.1, 0.15) is 11.9 Å². The third kappa shape index (κ3) is 10.8. The quantitative estimate of drug-likeness (QED) is 0.199. The van der Waals surface area contributed by atoms with Gasteiger partial charge in [-0.05, 0) is 64.4 Å². The maximum atomic E-state index is 5.98. The Morgan fingerprint density at radius 2 is 1.83 bits per heavy atom. The van der Waals surface area contributed by atoms with Crippen LogP contribution in [0.15, 0.2) is 29.3 Å². The van der Waals surface area contributed by atoms with Gasteiger partial charge in [-0.1, -0.05) is 19.1 Å². The second-order valence-corrected chi connectivity index (χ2v) is 7.87. The fraction of sp³-hybridized carbons (Fsp3) is 0.696. The van der Waals surface area contributed by atoms with Crippen LogP contribution in [-0.2, 0) is 0 Å². The lowest BCUT2D eigenvalue weighted by Crippen LogP contribution is -2.46. The van der Waals surface area contributed by atoms with Crippen molar-refractivity contribution in [2.24, 2.45) is 4.99 Å². The number of ether oxygens (including phenoxy) is 1. The van der Waals surface area contributed by atoms with E-state index >= 15 is 0 Å². The van der Waals surface area contributed by atoms with Crippen LogP contribution in [0.2, 0.25) is 0 Å². The molecule has 1 aromatic rings. The summed E-state index contributed by atoms with van der Waals surface area (Å²) in [5.41, 5.74) is 1.21. The van der Waals surface area contributed by atoms with Gasteiger partial charge in [0.25, 0.3) is 0 Å². The van der Waals surface area contributed by atoms with E-state index < -0.39 is 0 Å². The van der Waals surface area contributed by atoms with Crippen molar-refractivity contribution < 1.29 is 4.74 Å². The zero-order valence-corrected chi connectivity index (χ0v) is 21.7. The van der Waals surface area contributed by atoms with E-state index in [1.54, 1.807) is 0 Å². The van der Waals surface area contributed by atoms with Gasteiger partial charge in [-0.2, -0.15) is 0 Å². The monoisotopic (exact) mass is 531 g/mol. The molecule has 0 spiro atoms. The molecule has 1 aliphatic rings.